The Balaban J connectivity index is 2.17. The first kappa shape index (κ1) is 18.8. The van der Waals surface area contributed by atoms with Crippen molar-refractivity contribution in [2.45, 2.75) is 25.7 Å². The van der Waals surface area contributed by atoms with Gasteiger partial charge >= 0.3 is 0 Å². The number of hydrogen-bond donors (Lipinski definition) is 1. The molecule has 1 aromatic carbocycles. The summed E-state index contributed by atoms with van der Waals surface area (Å²) in [5.74, 6) is -0.737. The van der Waals surface area contributed by atoms with Gasteiger partial charge in [-0.2, -0.15) is 15.8 Å². The number of nitriles is 3. The molecule has 0 bridgehead atoms. The van der Waals surface area contributed by atoms with Crippen LogP contribution in [-0.4, -0.2) is 30.7 Å². The predicted octanol–water partition coefficient (Wildman–Crippen LogP) is 3.59. The van der Waals surface area contributed by atoms with Crippen molar-refractivity contribution in [3.8, 4) is 18.2 Å². The summed E-state index contributed by atoms with van der Waals surface area (Å²) < 4.78 is 0. The lowest BCUT2D eigenvalue weighted by Crippen LogP contribution is -2.51. The third kappa shape index (κ3) is 2.84. The first-order valence-electron chi connectivity index (χ1n) is 9.19. The van der Waals surface area contributed by atoms with Gasteiger partial charge in [0, 0.05) is 24.9 Å². The molecule has 1 fully saturated rings. The molecule has 3 rings (SSSR count). The van der Waals surface area contributed by atoms with Crippen molar-refractivity contribution >= 4 is 5.71 Å². The Morgan fingerprint density at radius 1 is 1.15 bits per heavy atom. The normalized spacial score (nSPS) is 27.1. The highest BCUT2D eigenvalue weighted by molar-refractivity contribution is 6.01. The molecule has 3 atom stereocenters. The number of rotatable bonds is 2. The summed E-state index contributed by atoms with van der Waals surface area (Å²) in [7, 11) is 1.99. The van der Waals surface area contributed by atoms with Gasteiger partial charge in [0.15, 0.2) is 0 Å². The van der Waals surface area contributed by atoms with Crippen LogP contribution in [0.25, 0.3) is 0 Å². The zero-order chi connectivity index (χ0) is 19.8. The second-order valence-electron chi connectivity index (χ2n) is 7.83. The number of benzene rings is 1. The summed E-state index contributed by atoms with van der Waals surface area (Å²) in [6, 6.07) is 14.6. The maximum atomic E-state index is 9.87. The van der Waals surface area contributed by atoms with Gasteiger partial charge in [-0.25, -0.2) is 0 Å². The van der Waals surface area contributed by atoms with Crippen LogP contribution < -0.4 is 0 Å². The van der Waals surface area contributed by atoms with Crippen molar-refractivity contribution in [3.63, 3.8) is 0 Å². The molecule has 1 heterocycles. The molecule has 1 saturated carbocycles. The fraction of sp³-hybridized carbons (Fsp3) is 0.455. The molecule has 1 unspecified atom stereocenters. The summed E-state index contributed by atoms with van der Waals surface area (Å²) in [5.41, 5.74) is 1.20. The molecule has 1 aliphatic heterocycles. The summed E-state index contributed by atoms with van der Waals surface area (Å²) >= 11 is 0. The van der Waals surface area contributed by atoms with Crippen LogP contribution in [0.15, 0.2) is 35.9 Å². The molecule has 136 valence electrons. The molecule has 0 spiro atoms. The van der Waals surface area contributed by atoms with E-state index in [0.29, 0.717) is 24.6 Å². The molecule has 0 saturated heterocycles. The summed E-state index contributed by atoms with van der Waals surface area (Å²) in [4.78, 5) is 2.13. The molecule has 1 N–H and O–H groups in total. The molecule has 2 aliphatic rings. The van der Waals surface area contributed by atoms with Crippen LogP contribution in [-0.2, 0) is 0 Å². The Bertz CT molecular complexity index is 890. The molecular formula is C22H23N5. The van der Waals surface area contributed by atoms with Gasteiger partial charge in [0.2, 0.25) is 5.41 Å². The van der Waals surface area contributed by atoms with E-state index < -0.39 is 11.3 Å². The lowest BCUT2D eigenvalue weighted by atomic mass is 9.55. The summed E-state index contributed by atoms with van der Waals surface area (Å²) in [6.45, 7) is 5.57. The number of hydrogen-bond acceptors (Lipinski definition) is 5. The van der Waals surface area contributed by atoms with Crippen molar-refractivity contribution in [3.05, 3.63) is 47.0 Å². The van der Waals surface area contributed by atoms with E-state index in [2.05, 4.69) is 49.1 Å². The molecule has 5 nitrogen and oxygen atoms in total. The second kappa shape index (κ2) is 6.99. The van der Waals surface area contributed by atoms with E-state index in [1.54, 1.807) is 0 Å². The van der Waals surface area contributed by atoms with Gasteiger partial charge in [-0.1, -0.05) is 44.2 Å². The average molecular weight is 357 g/mol. The van der Waals surface area contributed by atoms with Gasteiger partial charge in [0.1, 0.15) is 0 Å². The molecule has 27 heavy (non-hydrogen) atoms. The predicted molar refractivity (Wildman–Crippen MR) is 103 cm³/mol. The van der Waals surface area contributed by atoms with E-state index >= 15 is 0 Å². The molecule has 0 radical (unpaired) electrons. The number of fused-ring (bicyclic) bond motifs is 1. The number of nitrogens with zero attached hydrogens (tertiary/aromatic N) is 4. The van der Waals surface area contributed by atoms with Crippen LogP contribution in [0.1, 0.15) is 36.8 Å². The minimum absolute atomic E-state index is 0.0833. The van der Waals surface area contributed by atoms with Crippen molar-refractivity contribution in [1.29, 1.82) is 21.2 Å². The van der Waals surface area contributed by atoms with Crippen LogP contribution >= 0.6 is 0 Å². The molecule has 1 aromatic rings. The monoisotopic (exact) mass is 357 g/mol. The number of likely N-dealkylation sites (N-methyl/N-ethyl adjacent to an activating group) is 1. The van der Waals surface area contributed by atoms with Crippen molar-refractivity contribution in [1.82, 2.24) is 4.90 Å². The highest BCUT2D eigenvalue weighted by Crippen LogP contribution is 2.52. The minimum Gasteiger partial charge on any atom is -0.305 e. The van der Waals surface area contributed by atoms with Crippen LogP contribution in [0.5, 0.6) is 0 Å². The maximum Gasteiger partial charge on any atom is 0.203 e. The fourth-order valence-corrected chi connectivity index (χ4v) is 4.40. The maximum absolute atomic E-state index is 9.87. The van der Waals surface area contributed by atoms with E-state index in [-0.39, 0.29) is 17.5 Å². The zero-order valence-electron chi connectivity index (χ0n) is 15.9. The Hall–Kier alpha value is -2.94. The van der Waals surface area contributed by atoms with E-state index in [4.69, 9.17) is 5.41 Å². The summed E-state index contributed by atoms with van der Waals surface area (Å²) in [6.07, 6.45) is 1.91. The molecule has 0 amide bonds. The van der Waals surface area contributed by atoms with E-state index in [9.17, 15) is 15.8 Å². The zero-order valence-corrected chi connectivity index (χ0v) is 15.9. The van der Waals surface area contributed by atoms with Crippen LogP contribution in [0.4, 0.5) is 0 Å². The van der Waals surface area contributed by atoms with Crippen LogP contribution in [0.2, 0.25) is 0 Å². The van der Waals surface area contributed by atoms with E-state index in [0.717, 1.165) is 5.56 Å². The highest BCUT2D eigenvalue weighted by atomic mass is 15.1. The van der Waals surface area contributed by atoms with Crippen molar-refractivity contribution in [2.24, 2.45) is 17.3 Å². The molecule has 0 aromatic heterocycles. The van der Waals surface area contributed by atoms with E-state index in [1.165, 1.54) is 5.56 Å². The average Bonchev–Trinajstić information content (AvgIpc) is 2.67. The lowest BCUT2D eigenvalue weighted by Gasteiger charge is -2.46. The Morgan fingerprint density at radius 3 is 2.30 bits per heavy atom. The Morgan fingerprint density at radius 2 is 1.78 bits per heavy atom. The summed E-state index contributed by atoms with van der Waals surface area (Å²) in [5, 5.41) is 38.1. The van der Waals surface area contributed by atoms with Crippen molar-refractivity contribution in [2.75, 3.05) is 20.1 Å². The molecular weight excluding hydrogens is 334 g/mol. The van der Waals surface area contributed by atoms with Crippen LogP contribution in [0, 0.1) is 56.7 Å². The highest BCUT2D eigenvalue weighted by Gasteiger charge is 2.56. The van der Waals surface area contributed by atoms with E-state index in [1.807, 2.05) is 25.3 Å². The topological polar surface area (TPSA) is 98.5 Å². The van der Waals surface area contributed by atoms with Crippen LogP contribution in [0.3, 0.4) is 0 Å². The minimum atomic E-state index is -1.62. The van der Waals surface area contributed by atoms with Gasteiger partial charge < -0.3 is 10.3 Å². The lowest BCUT2D eigenvalue weighted by molar-refractivity contribution is 0.244. The fourth-order valence-electron chi connectivity index (χ4n) is 4.40. The molecule has 1 aliphatic carbocycles. The second-order valence-corrected chi connectivity index (χ2v) is 7.83. The van der Waals surface area contributed by atoms with Gasteiger partial charge in [0.25, 0.3) is 0 Å². The Labute approximate surface area is 160 Å². The van der Waals surface area contributed by atoms with Gasteiger partial charge in [-0.05, 0) is 29.7 Å². The first-order valence-corrected chi connectivity index (χ1v) is 9.19. The first-order chi connectivity index (χ1) is 12.9. The standard InChI is InChI=1S/C22H23N5/c1-14(2)15-4-6-16(7-5-15)20-17(10-23)21(26)22(12-24,13-25)19-8-9-27(3)11-18(19)20/h4-8,14,17-18,20,26H,9,11H2,1-3H3/t17?,18-,20-/m0/s1. The molecule has 5 heteroatoms. The van der Waals surface area contributed by atoms with Crippen molar-refractivity contribution < 1.29 is 0 Å². The van der Waals surface area contributed by atoms with Gasteiger partial charge in [-0.15, -0.1) is 0 Å². The van der Waals surface area contributed by atoms with Gasteiger partial charge in [0.05, 0.1) is 29.8 Å². The third-order valence-corrected chi connectivity index (χ3v) is 5.93. The van der Waals surface area contributed by atoms with Gasteiger partial charge in [-0.3, -0.25) is 0 Å². The third-order valence-electron chi connectivity index (χ3n) is 5.93. The largest absolute Gasteiger partial charge is 0.305 e. The quantitative estimate of drug-likeness (QED) is 0.818. The SMILES string of the molecule is CC(C)c1ccc([C@H]2C(C#N)C(=N)C(C#N)(C#N)C3=CCN(C)C[C@@H]32)cc1. The Kier molecular flexibility index (Phi) is 4.88. The number of nitrogens with one attached hydrogen (secondary N) is 1. The smallest absolute Gasteiger partial charge is 0.203 e.